The Morgan fingerprint density at radius 3 is 3.00 bits per heavy atom. The van der Waals surface area contributed by atoms with Gasteiger partial charge in [-0.15, -0.1) is 11.8 Å². The molecule has 0 N–H and O–H groups in total. The van der Waals surface area contributed by atoms with Crippen LogP contribution in [0.3, 0.4) is 0 Å². The second kappa shape index (κ2) is 4.18. The van der Waals surface area contributed by atoms with Crippen LogP contribution < -0.4 is 0 Å². The molecule has 0 saturated carbocycles. The van der Waals surface area contributed by atoms with Gasteiger partial charge in [-0.3, -0.25) is 4.79 Å². The quantitative estimate of drug-likeness (QED) is 0.647. The van der Waals surface area contributed by atoms with Gasteiger partial charge < -0.3 is 0 Å². The van der Waals surface area contributed by atoms with Crippen LogP contribution in [-0.4, -0.2) is 11.5 Å². The van der Waals surface area contributed by atoms with Gasteiger partial charge in [0, 0.05) is 16.9 Å². The Morgan fingerprint density at radius 2 is 2.14 bits per heavy atom. The highest BCUT2D eigenvalue weighted by atomic mass is 32.2. The highest BCUT2D eigenvalue weighted by Gasteiger charge is 2.17. The molecule has 0 bridgehead atoms. The highest BCUT2D eigenvalue weighted by Crippen LogP contribution is 2.29. The molecular weight excluding hydrogens is 192 g/mol. The summed E-state index contributed by atoms with van der Waals surface area (Å²) in [7, 11) is 0. The van der Waals surface area contributed by atoms with Crippen LogP contribution >= 0.6 is 11.8 Å². The smallest absolute Gasteiger partial charge is 0.164 e. The average molecular weight is 206 g/mol. The van der Waals surface area contributed by atoms with Crippen molar-refractivity contribution in [2.24, 2.45) is 5.92 Å². The monoisotopic (exact) mass is 206 g/mol. The van der Waals surface area contributed by atoms with Crippen molar-refractivity contribution in [2.45, 2.75) is 24.7 Å². The zero-order valence-corrected chi connectivity index (χ0v) is 9.14. The third-order valence-corrected chi connectivity index (χ3v) is 3.70. The van der Waals surface area contributed by atoms with Gasteiger partial charge in [0.15, 0.2) is 5.78 Å². The summed E-state index contributed by atoms with van der Waals surface area (Å²) in [6.07, 6.45) is 1.85. The van der Waals surface area contributed by atoms with Gasteiger partial charge in [-0.2, -0.15) is 0 Å². The van der Waals surface area contributed by atoms with Gasteiger partial charge in [-0.05, 0) is 24.2 Å². The van der Waals surface area contributed by atoms with Gasteiger partial charge in [0.2, 0.25) is 0 Å². The highest BCUT2D eigenvalue weighted by molar-refractivity contribution is 7.99. The molecule has 0 amide bonds. The van der Waals surface area contributed by atoms with E-state index in [-0.39, 0.29) is 0 Å². The fraction of sp³-hybridized carbons (Fsp3) is 0.417. The maximum absolute atomic E-state index is 11.9. The van der Waals surface area contributed by atoms with Gasteiger partial charge in [0.1, 0.15) is 0 Å². The number of thioether (sulfide) groups is 1. The Hall–Kier alpha value is -0.760. The van der Waals surface area contributed by atoms with Crippen LogP contribution in [0.5, 0.6) is 0 Å². The molecular formula is C12H14OS. The Balaban J connectivity index is 2.34. The average Bonchev–Trinajstić information content (AvgIpc) is 2.16. The van der Waals surface area contributed by atoms with Crippen LogP contribution in [0.25, 0.3) is 0 Å². The van der Waals surface area contributed by atoms with Gasteiger partial charge in [0.25, 0.3) is 0 Å². The first-order valence-electron chi connectivity index (χ1n) is 5.02. The minimum atomic E-state index is 0.306. The Bertz CT molecular complexity index is 346. The number of ketones is 1. The first-order valence-corrected chi connectivity index (χ1v) is 6.01. The van der Waals surface area contributed by atoms with E-state index in [0.717, 1.165) is 22.6 Å². The fourth-order valence-electron chi connectivity index (χ4n) is 1.72. The van der Waals surface area contributed by atoms with E-state index in [1.54, 1.807) is 0 Å². The molecule has 1 aromatic rings. The molecule has 0 radical (unpaired) electrons. The summed E-state index contributed by atoms with van der Waals surface area (Å²) >= 11 is 1.81. The van der Waals surface area contributed by atoms with E-state index in [1.165, 1.54) is 0 Å². The molecule has 1 aromatic carbocycles. The minimum Gasteiger partial charge on any atom is -0.294 e. The molecule has 74 valence electrons. The van der Waals surface area contributed by atoms with Crippen molar-refractivity contribution >= 4 is 17.5 Å². The third kappa shape index (κ3) is 2.01. The van der Waals surface area contributed by atoms with Gasteiger partial charge in [-0.1, -0.05) is 25.1 Å². The standard InChI is InChI=1S/C12H14OS/c1-9-6-7-14-12-5-3-2-4-10(12)11(13)8-9/h2-5,9H,6-8H2,1H3. The summed E-state index contributed by atoms with van der Waals surface area (Å²) in [4.78, 5) is 13.0. The van der Waals surface area contributed by atoms with Gasteiger partial charge in [0.05, 0.1) is 0 Å². The van der Waals surface area contributed by atoms with Crippen molar-refractivity contribution < 1.29 is 4.79 Å². The summed E-state index contributed by atoms with van der Waals surface area (Å²) < 4.78 is 0. The summed E-state index contributed by atoms with van der Waals surface area (Å²) in [6.45, 7) is 2.16. The first-order chi connectivity index (χ1) is 6.77. The normalized spacial score (nSPS) is 22.4. The van der Waals surface area contributed by atoms with Crippen molar-refractivity contribution in [1.82, 2.24) is 0 Å². The number of carbonyl (C=O) groups excluding carboxylic acids is 1. The molecule has 0 spiro atoms. The lowest BCUT2D eigenvalue weighted by Gasteiger charge is -2.16. The van der Waals surface area contributed by atoms with Gasteiger partial charge in [-0.25, -0.2) is 0 Å². The largest absolute Gasteiger partial charge is 0.294 e. The van der Waals surface area contributed by atoms with E-state index in [4.69, 9.17) is 0 Å². The zero-order valence-electron chi connectivity index (χ0n) is 8.32. The molecule has 1 heterocycles. The summed E-state index contributed by atoms with van der Waals surface area (Å²) in [5, 5.41) is 0. The Morgan fingerprint density at radius 1 is 1.36 bits per heavy atom. The van der Waals surface area contributed by atoms with E-state index in [9.17, 15) is 4.79 Å². The molecule has 14 heavy (non-hydrogen) atoms. The zero-order chi connectivity index (χ0) is 9.97. The number of benzene rings is 1. The Labute approximate surface area is 88.9 Å². The SMILES string of the molecule is CC1CCSc2ccccc2C(=O)C1. The topological polar surface area (TPSA) is 17.1 Å². The van der Waals surface area contributed by atoms with Gasteiger partial charge >= 0.3 is 0 Å². The van der Waals surface area contributed by atoms with Crippen molar-refractivity contribution in [3.8, 4) is 0 Å². The second-order valence-corrected chi connectivity index (χ2v) is 5.00. The van der Waals surface area contributed by atoms with E-state index in [0.29, 0.717) is 18.1 Å². The number of fused-ring (bicyclic) bond motifs is 1. The second-order valence-electron chi connectivity index (χ2n) is 3.87. The van der Waals surface area contributed by atoms with Crippen LogP contribution in [0.1, 0.15) is 30.1 Å². The maximum atomic E-state index is 11.9. The lowest BCUT2D eigenvalue weighted by atomic mass is 9.97. The summed E-state index contributed by atoms with van der Waals surface area (Å²) in [5.41, 5.74) is 0.920. The fourth-order valence-corrected chi connectivity index (χ4v) is 2.97. The van der Waals surface area contributed by atoms with Crippen LogP contribution in [0.2, 0.25) is 0 Å². The molecule has 0 saturated heterocycles. The molecule has 0 aromatic heterocycles. The number of hydrogen-bond acceptors (Lipinski definition) is 2. The summed E-state index contributed by atoms with van der Waals surface area (Å²) in [6, 6.07) is 7.95. The predicted octanol–water partition coefficient (Wildman–Crippen LogP) is 3.39. The number of carbonyl (C=O) groups is 1. The van der Waals surface area contributed by atoms with Crippen LogP contribution in [0.15, 0.2) is 29.2 Å². The van der Waals surface area contributed by atoms with E-state index < -0.39 is 0 Å². The van der Waals surface area contributed by atoms with Crippen LogP contribution in [0, 0.1) is 5.92 Å². The number of hydrogen-bond donors (Lipinski definition) is 0. The van der Waals surface area contributed by atoms with Crippen molar-refractivity contribution in [3.05, 3.63) is 29.8 Å². The lowest BCUT2D eigenvalue weighted by Crippen LogP contribution is -2.10. The van der Waals surface area contributed by atoms with E-state index in [2.05, 4.69) is 6.92 Å². The van der Waals surface area contributed by atoms with Crippen molar-refractivity contribution in [1.29, 1.82) is 0 Å². The molecule has 1 atom stereocenters. The lowest BCUT2D eigenvalue weighted by molar-refractivity contribution is 0.0960. The summed E-state index contributed by atoms with van der Waals surface area (Å²) in [5.74, 6) is 1.97. The van der Waals surface area contributed by atoms with Crippen molar-refractivity contribution in [2.75, 3.05) is 5.75 Å². The molecule has 1 aliphatic heterocycles. The molecule has 2 rings (SSSR count). The molecule has 0 aliphatic carbocycles. The molecule has 1 unspecified atom stereocenters. The van der Waals surface area contributed by atoms with Crippen molar-refractivity contribution in [3.63, 3.8) is 0 Å². The minimum absolute atomic E-state index is 0.306. The van der Waals surface area contributed by atoms with E-state index >= 15 is 0 Å². The van der Waals surface area contributed by atoms with Crippen LogP contribution in [0.4, 0.5) is 0 Å². The maximum Gasteiger partial charge on any atom is 0.164 e. The Kier molecular flexibility index (Phi) is 2.92. The number of Topliss-reactive ketones (excluding diaryl/α,β-unsaturated/α-hetero) is 1. The molecule has 2 heteroatoms. The first kappa shape index (κ1) is 9.78. The molecule has 1 nitrogen and oxygen atoms in total. The van der Waals surface area contributed by atoms with Crippen LogP contribution in [-0.2, 0) is 0 Å². The molecule has 0 fully saturated rings. The predicted molar refractivity (Wildman–Crippen MR) is 59.9 cm³/mol. The molecule has 1 aliphatic rings. The number of rotatable bonds is 0. The third-order valence-electron chi connectivity index (χ3n) is 2.59. The van der Waals surface area contributed by atoms with E-state index in [1.807, 2.05) is 36.0 Å².